The number of amides is 2. The molecule has 1 atom stereocenters. The summed E-state index contributed by atoms with van der Waals surface area (Å²) in [7, 11) is 0. The molecule has 1 heterocycles. The fraction of sp³-hybridized carbons (Fsp3) is 0.176. The molecular weight excluding hydrogens is 299 g/mol. The molecule has 1 unspecified atom stereocenters. The number of anilines is 1. The number of para-hydroxylation sites is 1. The zero-order valence-corrected chi connectivity index (χ0v) is 12.4. The van der Waals surface area contributed by atoms with Crippen molar-refractivity contribution in [1.29, 1.82) is 0 Å². The molecule has 2 aromatic rings. The number of hydrogen-bond acceptors (Lipinski definition) is 3. The molecule has 0 aromatic heterocycles. The summed E-state index contributed by atoms with van der Waals surface area (Å²) in [5.74, 6) is -0.708. The van der Waals surface area contributed by atoms with E-state index in [1.165, 1.54) is 6.07 Å². The molecule has 2 amide bonds. The molecule has 6 heteroatoms. The van der Waals surface area contributed by atoms with Crippen molar-refractivity contribution in [3.8, 4) is 5.75 Å². The van der Waals surface area contributed by atoms with Crippen molar-refractivity contribution >= 4 is 17.5 Å². The Hall–Kier alpha value is -2.89. The van der Waals surface area contributed by atoms with E-state index in [0.29, 0.717) is 22.6 Å². The van der Waals surface area contributed by atoms with Gasteiger partial charge in [0.2, 0.25) is 0 Å². The summed E-state index contributed by atoms with van der Waals surface area (Å²) in [5, 5.41) is 5.34. The molecule has 118 valence electrons. The fourth-order valence-corrected chi connectivity index (χ4v) is 2.32. The topological polar surface area (TPSA) is 67.4 Å². The van der Waals surface area contributed by atoms with Gasteiger partial charge in [-0.15, -0.1) is 0 Å². The van der Waals surface area contributed by atoms with E-state index in [2.05, 4.69) is 10.6 Å². The van der Waals surface area contributed by atoms with E-state index >= 15 is 0 Å². The van der Waals surface area contributed by atoms with Crippen LogP contribution in [0.3, 0.4) is 0 Å². The van der Waals surface area contributed by atoms with Crippen molar-refractivity contribution in [2.24, 2.45) is 0 Å². The van der Waals surface area contributed by atoms with E-state index in [9.17, 15) is 14.0 Å². The van der Waals surface area contributed by atoms with Gasteiger partial charge in [-0.2, -0.15) is 0 Å². The largest absolute Gasteiger partial charge is 0.478 e. The van der Waals surface area contributed by atoms with Crippen LogP contribution in [-0.2, 0) is 11.3 Å². The van der Waals surface area contributed by atoms with Crippen molar-refractivity contribution in [3.63, 3.8) is 0 Å². The zero-order chi connectivity index (χ0) is 16.4. The van der Waals surface area contributed by atoms with Crippen LogP contribution in [0.15, 0.2) is 42.5 Å². The molecule has 0 saturated heterocycles. The second kappa shape index (κ2) is 6.08. The number of hydrogen-bond donors (Lipinski definition) is 2. The van der Waals surface area contributed by atoms with Gasteiger partial charge in [-0.1, -0.05) is 24.3 Å². The quantitative estimate of drug-likeness (QED) is 0.914. The summed E-state index contributed by atoms with van der Waals surface area (Å²) in [4.78, 5) is 24.0. The number of rotatable bonds is 3. The molecule has 1 aliphatic heterocycles. The molecule has 5 nitrogen and oxygen atoms in total. The molecule has 0 aliphatic carbocycles. The summed E-state index contributed by atoms with van der Waals surface area (Å²) in [6, 6.07) is 11.1. The van der Waals surface area contributed by atoms with Crippen LogP contribution in [0, 0.1) is 5.82 Å². The third-order valence-corrected chi connectivity index (χ3v) is 3.58. The molecule has 0 radical (unpaired) electrons. The number of halogens is 1. The lowest BCUT2D eigenvalue weighted by Gasteiger charge is -2.25. The molecule has 0 spiro atoms. The lowest BCUT2D eigenvalue weighted by Crippen LogP contribution is -2.36. The van der Waals surface area contributed by atoms with E-state index in [1.54, 1.807) is 43.3 Å². The summed E-state index contributed by atoms with van der Waals surface area (Å²) < 4.78 is 19.1. The highest BCUT2D eigenvalue weighted by atomic mass is 19.1. The molecule has 23 heavy (non-hydrogen) atoms. The second-order valence-electron chi connectivity index (χ2n) is 5.21. The maximum absolute atomic E-state index is 13.6. The number of fused-ring (bicyclic) bond motifs is 1. The zero-order valence-electron chi connectivity index (χ0n) is 12.4. The van der Waals surface area contributed by atoms with Crippen molar-refractivity contribution in [1.82, 2.24) is 5.32 Å². The number of ether oxygens (including phenoxy) is 1. The fourth-order valence-electron chi connectivity index (χ4n) is 2.32. The highest BCUT2D eigenvalue weighted by molar-refractivity contribution is 6.03. The normalized spacial score (nSPS) is 16.1. The highest BCUT2D eigenvalue weighted by Crippen LogP contribution is 2.33. The SMILES string of the molecule is CC1Oc2c(cccc2C(=O)NCc2ccccc2F)NC1=O. The molecule has 0 bridgehead atoms. The van der Waals surface area contributed by atoms with E-state index in [0.717, 1.165) is 0 Å². The van der Waals surface area contributed by atoms with Crippen molar-refractivity contribution in [3.05, 3.63) is 59.4 Å². The number of nitrogens with one attached hydrogen (secondary N) is 2. The molecule has 3 rings (SSSR count). The van der Waals surface area contributed by atoms with Gasteiger partial charge in [-0.05, 0) is 25.1 Å². The van der Waals surface area contributed by atoms with Crippen LogP contribution in [0.1, 0.15) is 22.8 Å². The highest BCUT2D eigenvalue weighted by Gasteiger charge is 2.27. The van der Waals surface area contributed by atoms with Gasteiger partial charge in [0.15, 0.2) is 11.9 Å². The van der Waals surface area contributed by atoms with E-state index in [1.807, 2.05) is 0 Å². The average molecular weight is 314 g/mol. The van der Waals surface area contributed by atoms with Crippen molar-refractivity contribution < 1.29 is 18.7 Å². The Morgan fingerprint density at radius 2 is 2.04 bits per heavy atom. The Morgan fingerprint density at radius 3 is 2.83 bits per heavy atom. The number of carbonyl (C=O) groups excluding carboxylic acids is 2. The number of carbonyl (C=O) groups is 2. The van der Waals surface area contributed by atoms with Gasteiger partial charge in [-0.3, -0.25) is 9.59 Å². The third-order valence-electron chi connectivity index (χ3n) is 3.58. The predicted molar refractivity (Wildman–Crippen MR) is 82.7 cm³/mol. The Balaban J connectivity index is 1.80. The first-order valence-corrected chi connectivity index (χ1v) is 7.18. The molecule has 2 aromatic carbocycles. The van der Waals surface area contributed by atoms with Crippen LogP contribution >= 0.6 is 0 Å². The van der Waals surface area contributed by atoms with Crippen LogP contribution < -0.4 is 15.4 Å². The molecule has 1 aliphatic rings. The summed E-state index contributed by atoms with van der Waals surface area (Å²) in [6.07, 6.45) is -0.678. The summed E-state index contributed by atoms with van der Waals surface area (Å²) >= 11 is 0. The minimum atomic E-state index is -0.678. The van der Waals surface area contributed by atoms with E-state index < -0.39 is 12.0 Å². The number of benzene rings is 2. The predicted octanol–water partition coefficient (Wildman–Crippen LogP) is 2.48. The lowest BCUT2D eigenvalue weighted by molar-refractivity contribution is -0.122. The standard InChI is InChI=1S/C17H15FN2O3/c1-10-16(21)20-14-8-4-6-12(15(14)23-10)17(22)19-9-11-5-2-3-7-13(11)18/h2-8,10H,9H2,1H3,(H,19,22)(H,20,21). The third kappa shape index (κ3) is 3.01. The summed E-state index contributed by atoms with van der Waals surface area (Å²) in [6.45, 7) is 1.67. The lowest BCUT2D eigenvalue weighted by atomic mass is 10.1. The maximum atomic E-state index is 13.6. The average Bonchev–Trinajstić information content (AvgIpc) is 2.54. The Kier molecular flexibility index (Phi) is 3.97. The molecule has 0 fully saturated rings. The van der Waals surface area contributed by atoms with Gasteiger partial charge in [0, 0.05) is 12.1 Å². The van der Waals surface area contributed by atoms with Gasteiger partial charge in [0.1, 0.15) is 5.82 Å². The smallest absolute Gasteiger partial charge is 0.265 e. The monoisotopic (exact) mass is 314 g/mol. The maximum Gasteiger partial charge on any atom is 0.265 e. The van der Waals surface area contributed by atoms with Crippen LogP contribution in [-0.4, -0.2) is 17.9 Å². The Labute approximate surface area is 132 Å². The van der Waals surface area contributed by atoms with Crippen LogP contribution in [0.4, 0.5) is 10.1 Å². The van der Waals surface area contributed by atoms with Crippen molar-refractivity contribution in [2.75, 3.05) is 5.32 Å². The van der Waals surface area contributed by atoms with Crippen LogP contribution in [0.2, 0.25) is 0 Å². The summed E-state index contributed by atoms with van der Waals surface area (Å²) in [5.41, 5.74) is 1.14. The van der Waals surface area contributed by atoms with E-state index in [4.69, 9.17) is 4.74 Å². The minimum Gasteiger partial charge on any atom is -0.478 e. The van der Waals surface area contributed by atoms with Crippen molar-refractivity contribution in [2.45, 2.75) is 19.6 Å². The Bertz CT molecular complexity index is 776. The minimum absolute atomic E-state index is 0.0666. The second-order valence-corrected chi connectivity index (χ2v) is 5.21. The van der Waals surface area contributed by atoms with Gasteiger partial charge in [-0.25, -0.2) is 4.39 Å². The first kappa shape index (κ1) is 15.0. The van der Waals surface area contributed by atoms with Gasteiger partial charge >= 0.3 is 0 Å². The van der Waals surface area contributed by atoms with Gasteiger partial charge < -0.3 is 15.4 Å². The van der Waals surface area contributed by atoms with Gasteiger partial charge in [0.25, 0.3) is 11.8 Å². The molecule has 2 N–H and O–H groups in total. The first-order chi connectivity index (χ1) is 11.1. The first-order valence-electron chi connectivity index (χ1n) is 7.18. The van der Waals surface area contributed by atoms with Crippen LogP contribution in [0.5, 0.6) is 5.75 Å². The van der Waals surface area contributed by atoms with Gasteiger partial charge in [0.05, 0.1) is 11.3 Å². The molecular formula is C17H15FN2O3. The Morgan fingerprint density at radius 1 is 1.26 bits per heavy atom. The van der Waals surface area contributed by atoms with Crippen LogP contribution in [0.25, 0.3) is 0 Å². The molecule has 0 saturated carbocycles. The van der Waals surface area contributed by atoms with E-state index in [-0.39, 0.29) is 18.3 Å².